The van der Waals surface area contributed by atoms with Gasteiger partial charge >= 0.3 is 0 Å². The standard InChI is InChI=1S/C16H26N2O2S.ClH/c1-10-6-7-17-9-15(10)18-21(19,20)16-13(4)11(2)8-12(3)14(16)5;/h8,10,15,17-18H,6-7,9H2,1-5H3;1H. The zero-order chi connectivity index (χ0) is 15.8. The average molecular weight is 347 g/mol. The molecule has 0 radical (unpaired) electrons. The van der Waals surface area contributed by atoms with Crippen molar-refractivity contribution in [2.45, 2.75) is 52.0 Å². The number of rotatable bonds is 3. The predicted molar refractivity (Wildman–Crippen MR) is 93.4 cm³/mol. The summed E-state index contributed by atoms with van der Waals surface area (Å²) in [6.45, 7) is 11.5. The van der Waals surface area contributed by atoms with Crippen molar-refractivity contribution in [1.82, 2.24) is 10.0 Å². The smallest absolute Gasteiger partial charge is 0.241 e. The summed E-state index contributed by atoms with van der Waals surface area (Å²) in [7, 11) is -3.49. The molecule has 1 fully saturated rings. The number of hydrogen-bond acceptors (Lipinski definition) is 3. The molecule has 1 aliphatic rings. The normalized spacial score (nSPS) is 22.2. The van der Waals surface area contributed by atoms with Gasteiger partial charge in [-0.2, -0.15) is 0 Å². The Morgan fingerprint density at radius 2 is 1.68 bits per heavy atom. The Labute approximate surface area is 140 Å². The van der Waals surface area contributed by atoms with Crippen LogP contribution in [0, 0.1) is 33.6 Å². The van der Waals surface area contributed by atoms with E-state index in [-0.39, 0.29) is 18.4 Å². The molecule has 0 saturated carbocycles. The number of piperidine rings is 1. The third-order valence-corrected chi connectivity index (χ3v) is 6.46. The van der Waals surface area contributed by atoms with Gasteiger partial charge in [0.1, 0.15) is 0 Å². The summed E-state index contributed by atoms with van der Waals surface area (Å²) in [4.78, 5) is 0.456. The van der Waals surface area contributed by atoms with Crippen molar-refractivity contribution in [3.05, 3.63) is 28.3 Å². The number of aryl methyl sites for hydroxylation is 2. The molecule has 1 heterocycles. The fourth-order valence-corrected chi connectivity index (χ4v) is 4.95. The quantitative estimate of drug-likeness (QED) is 0.884. The molecule has 0 aliphatic carbocycles. The number of hydrogen-bond donors (Lipinski definition) is 2. The first-order valence-corrected chi connectivity index (χ1v) is 9.03. The van der Waals surface area contributed by atoms with Gasteiger partial charge in [-0.15, -0.1) is 12.4 Å². The fraction of sp³-hybridized carbons (Fsp3) is 0.625. The number of sulfonamides is 1. The summed E-state index contributed by atoms with van der Waals surface area (Å²) in [5, 5.41) is 3.26. The Morgan fingerprint density at radius 1 is 1.14 bits per heavy atom. The second-order valence-electron chi connectivity index (χ2n) is 6.29. The summed E-state index contributed by atoms with van der Waals surface area (Å²) in [6.07, 6.45) is 0.998. The van der Waals surface area contributed by atoms with Crippen LogP contribution in [-0.2, 0) is 10.0 Å². The number of nitrogens with one attached hydrogen (secondary N) is 2. The van der Waals surface area contributed by atoms with Crippen LogP contribution in [0.5, 0.6) is 0 Å². The molecule has 1 aliphatic heterocycles. The third kappa shape index (κ3) is 3.82. The van der Waals surface area contributed by atoms with Crippen molar-refractivity contribution in [3.63, 3.8) is 0 Å². The van der Waals surface area contributed by atoms with Crippen LogP contribution < -0.4 is 10.0 Å². The highest BCUT2D eigenvalue weighted by atomic mass is 35.5. The van der Waals surface area contributed by atoms with Gasteiger partial charge in [-0.1, -0.05) is 13.0 Å². The lowest BCUT2D eigenvalue weighted by Crippen LogP contribution is -2.50. The van der Waals surface area contributed by atoms with Gasteiger partial charge in [0.25, 0.3) is 0 Å². The van der Waals surface area contributed by atoms with E-state index in [1.165, 1.54) is 0 Å². The van der Waals surface area contributed by atoms with Gasteiger partial charge < -0.3 is 5.32 Å². The van der Waals surface area contributed by atoms with E-state index in [0.29, 0.717) is 17.4 Å². The highest BCUT2D eigenvalue weighted by molar-refractivity contribution is 7.89. The minimum atomic E-state index is -3.49. The van der Waals surface area contributed by atoms with Gasteiger partial charge in [-0.05, 0) is 68.8 Å². The molecule has 126 valence electrons. The molecule has 2 unspecified atom stereocenters. The Morgan fingerprint density at radius 3 is 2.18 bits per heavy atom. The van der Waals surface area contributed by atoms with E-state index in [2.05, 4.69) is 23.0 Å². The van der Waals surface area contributed by atoms with Gasteiger partial charge in [0.2, 0.25) is 10.0 Å². The van der Waals surface area contributed by atoms with Gasteiger partial charge in [-0.25, -0.2) is 13.1 Å². The topological polar surface area (TPSA) is 58.2 Å². The van der Waals surface area contributed by atoms with Crippen molar-refractivity contribution in [1.29, 1.82) is 0 Å². The molecule has 2 atom stereocenters. The average Bonchev–Trinajstić information content (AvgIpc) is 2.39. The Bertz CT molecular complexity index is 618. The zero-order valence-corrected chi connectivity index (χ0v) is 15.6. The lowest BCUT2D eigenvalue weighted by molar-refractivity contribution is 0.327. The van der Waals surface area contributed by atoms with E-state index in [4.69, 9.17) is 0 Å². The molecule has 1 saturated heterocycles. The maximum absolute atomic E-state index is 12.9. The molecule has 4 nitrogen and oxygen atoms in total. The van der Waals surface area contributed by atoms with E-state index >= 15 is 0 Å². The van der Waals surface area contributed by atoms with Gasteiger partial charge in [0, 0.05) is 12.6 Å². The molecule has 0 amide bonds. The van der Waals surface area contributed by atoms with E-state index in [9.17, 15) is 8.42 Å². The maximum atomic E-state index is 12.9. The van der Waals surface area contributed by atoms with Crippen LogP contribution in [0.4, 0.5) is 0 Å². The van der Waals surface area contributed by atoms with Gasteiger partial charge in [0.05, 0.1) is 4.90 Å². The van der Waals surface area contributed by atoms with Crippen LogP contribution in [0.25, 0.3) is 0 Å². The first-order valence-electron chi connectivity index (χ1n) is 7.54. The molecular formula is C16H27ClN2O2S. The number of benzene rings is 1. The summed E-state index contributed by atoms with van der Waals surface area (Å²) in [6, 6.07) is 2.01. The lowest BCUT2D eigenvalue weighted by atomic mass is 9.96. The largest absolute Gasteiger partial charge is 0.315 e. The molecule has 0 spiro atoms. The van der Waals surface area contributed by atoms with E-state index < -0.39 is 10.0 Å². The van der Waals surface area contributed by atoms with Crippen molar-refractivity contribution in [3.8, 4) is 0 Å². The van der Waals surface area contributed by atoms with Gasteiger partial charge in [-0.3, -0.25) is 0 Å². The molecule has 1 aromatic rings. The monoisotopic (exact) mass is 346 g/mol. The van der Waals surface area contributed by atoms with Crippen LogP contribution >= 0.6 is 12.4 Å². The van der Waals surface area contributed by atoms with E-state index in [1.807, 2.05) is 27.7 Å². The van der Waals surface area contributed by atoms with Crippen LogP contribution in [0.3, 0.4) is 0 Å². The van der Waals surface area contributed by atoms with Crippen LogP contribution in [0.1, 0.15) is 35.6 Å². The SMILES string of the molecule is Cc1cc(C)c(C)c(S(=O)(=O)NC2CNCCC2C)c1C.Cl. The molecule has 2 rings (SSSR count). The highest BCUT2D eigenvalue weighted by Crippen LogP contribution is 2.26. The third-order valence-electron chi connectivity index (χ3n) is 4.70. The molecular weight excluding hydrogens is 320 g/mol. The second kappa shape index (κ2) is 7.30. The summed E-state index contributed by atoms with van der Waals surface area (Å²) < 4.78 is 28.6. The Hall–Kier alpha value is -0.620. The molecule has 6 heteroatoms. The van der Waals surface area contributed by atoms with E-state index in [0.717, 1.165) is 35.2 Å². The molecule has 0 aromatic heterocycles. The van der Waals surface area contributed by atoms with E-state index in [1.54, 1.807) is 0 Å². The molecule has 1 aromatic carbocycles. The van der Waals surface area contributed by atoms with Crippen molar-refractivity contribution >= 4 is 22.4 Å². The van der Waals surface area contributed by atoms with Crippen molar-refractivity contribution < 1.29 is 8.42 Å². The molecule has 0 bridgehead atoms. The predicted octanol–water partition coefficient (Wildman–Crippen LogP) is 2.62. The highest BCUT2D eigenvalue weighted by Gasteiger charge is 2.29. The zero-order valence-electron chi connectivity index (χ0n) is 14.0. The molecule has 2 N–H and O–H groups in total. The first-order chi connectivity index (χ1) is 9.74. The minimum absolute atomic E-state index is 0. The first kappa shape index (κ1) is 19.4. The van der Waals surface area contributed by atoms with Crippen LogP contribution in [0.15, 0.2) is 11.0 Å². The Balaban J connectivity index is 0.00000242. The number of halogens is 1. The minimum Gasteiger partial charge on any atom is -0.315 e. The summed E-state index contributed by atoms with van der Waals surface area (Å²) in [5.74, 6) is 0.354. The van der Waals surface area contributed by atoms with Crippen LogP contribution in [-0.4, -0.2) is 27.5 Å². The van der Waals surface area contributed by atoms with Crippen LogP contribution in [0.2, 0.25) is 0 Å². The summed E-state index contributed by atoms with van der Waals surface area (Å²) >= 11 is 0. The molecule has 22 heavy (non-hydrogen) atoms. The summed E-state index contributed by atoms with van der Waals surface area (Å²) in [5.41, 5.74) is 3.74. The van der Waals surface area contributed by atoms with Gasteiger partial charge in [0.15, 0.2) is 0 Å². The fourth-order valence-electron chi connectivity index (χ4n) is 2.99. The maximum Gasteiger partial charge on any atom is 0.241 e. The van der Waals surface area contributed by atoms with Crippen molar-refractivity contribution in [2.24, 2.45) is 5.92 Å². The second-order valence-corrected chi connectivity index (χ2v) is 7.94. The van der Waals surface area contributed by atoms with Crippen molar-refractivity contribution in [2.75, 3.05) is 13.1 Å². The Kier molecular flexibility index (Phi) is 6.45. The lowest BCUT2D eigenvalue weighted by Gasteiger charge is -2.30.